The number of hydrogen-bond acceptors (Lipinski definition) is 4. The van der Waals surface area contributed by atoms with Gasteiger partial charge in [0.15, 0.2) is 0 Å². The summed E-state index contributed by atoms with van der Waals surface area (Å²) in [4.78, 5) is 1.78. The van der Waals surface area contributed by atoms with Crippen LogP contribution in [0.1, 0.15) is 12.0 Å². The lowest BCUT2D eigenvalue weighted by Crippen LogP contribution is -2.23. The number of ether oxygens (including phenoxy) is 1. The smallest absolute Gasteiger partial charge is 0.419 e. The van der Waals surface area contributed by atoms with Crippen molar-refractivity contribution in [3.8, 4) is 5.75 Å². The van der Waals surface area contributed by atoms with Crippen LogP contribution in [0.5, 0.6) is 5.75 Å². The summed E-state index contributed by atoms with van der Waals surface area (Å²) in [5.41, 5.74) is -1.00. The molecule has 0 amide bonds. The Bertz CT molecular complexity index is 967. The van der Waals surface area contributed by atoms with Crippen molar-refractivity contribution in [3.63, 3.8) is 0 Å². The van der Waals surface area contributed by atoms with Gasteiger partial charge in [-0.25, -0.2) is 8.42 Å². The molecule has 0 spiro atoms. The number of hydrogen-bond donors (Lipinski definition) is 1. The van der Waals surface area contributed by atoms with Crippen molar-refractivity contribution in [2.24, 2.45) is 0 Å². The molecule has 5 nitrogen and oxygen atoms in total. The van der Waals surface area contributed by atoms with Crippen molar-refractivity contribution in [1.29, 1.82) is 0 Å². The summed E-state index contributed by atoms with van der Waals surface area (Å²) < 4.78 is 72.9. The van der Waals surface area contributed by atoms with Gasteiger partial charge in [-0.3, -0.25) is 4.72 Å². The number of nitrogens with zero attached hydrogens (tertiary/aromatic N) is 1. The average molecular weight is 435 g/mol. The first-order valence-electron chi connectivity index (χ1n) is 8.40. The van der Waals surface area contributed by atoms with E-state index < -0.39 is 33.6 Å². The van der Waals surface area contributed by atoms with Crippen LogP contribution in [0.3, 0.4) is 0 Å². The third-order valence-corrected chi connectivity index (χ3v) is 6.19. The lowest BCUT2D eigenvalue weighted by molar-refractivity contribution is -0.139. The number of likely N-dealkylation sites (tertiary alicyclic amines) is 1. The van der Waals surface area contributed by atoms with Crippen molar-refractivity contribution in [3.05, 3.63) is 53.1 Å². The zero-order valence-electron chi connectivity index (χ0n) is 14.8. The van der Waals surface area contributed by atoms with Gasteiger partial charge in [0.25, 0.3) is 10.0 Å². The maximum atomic E-state index is 13.3. The van der Waals surface area contributed by atoms with Gasteiger partial charge >= 0.3 is 6.18 Å². The molecule has 1 N–H and O–H groups in total. The Balaban J connectivity index is 1.92. The van der Waals surface area contributed by atoms with E-state index in [2.05, 4.69) is 4.72 Å². The number of anilines is 1. The van der Waals surface area contributed by atoms with Crippen molar-refractivity contribution < 1.29 is 26.3 Å². The van der Waals surface area contributed by atoms with Crippen LogP contribution >= 0.6 is 11.6 Å². The molecule has 1 aliphatic heterocycles. The van der Waals surface area contributed by atoms with Crippen LogP contribution in [0.4, 0.5) is 18.9 Å². The largest absolute Gasteiger partial charge is 0.488 e. The Morgan fingerprint density at radius 2 is 1.93 bits per heavy atom. The molecule has 0 saturated carbocycles. The Hall–Kier alpha value is -1.97. The lowest BCUT2D eigenvalue weighted by Gasteiger charge is -2.19. The normalized spacial score (nSPS) is 18.2. The molecule has 1 heterocycles. The summed E-state index contributed by atoms with van der Waals surface area (Å²) in [6.07, 6.45) is -4.44. The molecule has 3 rings (SSSR count). The van der Waals surface area contributed by atoms with Crippen molar-refractivity contribution >= 4 is 27.3 Å². The van der Waals surface area contributed by atoms with E-state index in [0.717, 1.165) is 18.2 Å². The first kappa shape index (κ1) is 20.8. The third-order valence-electron chi connectivity index (χ3n) is 4.31. The average Bonchev–Trinajstić information content (AvgIpc) is 2.98. The van der Waals surface area contributed by atoms with Gasteiger partial charge in [-0.1, -0.05) is 23.7 Å². The molecule has 0 aliphatic carbocycles. The SMILES string of the molecule is CN1CC[C@@H](Oc2cc(NS(=O)(=O)c3ccccc3Cl)ccc2C(F)(F)F)C1. The predicted octanol–water partition coefficient (Wildman–Crippen LogP) is 4.24. The van der Waals surface area contributed by atoms with Crippen LogP contribution in [-0.2, 0) is 16.2 Å². The second kappa shape index (κ2) is 7.81. The van der Waals surface area contributed by atoms with Crippen molar-refractivity contribution in [2.45, 2.75) is 23.6 Å². The number of halogens is 4. The second-order valence-electron chi connectivity index (χ2n) is 6.54. The zero-order valence-corrected chi connectivity index (χ0v) is 16.4. The Morgan fingerprint density at radius 3 is 2.54 bits per heavy atom. The lowest BCUT2D eigenvalue weighted by atomic mass is 10.1. The van der Waals surface area contributed by atoms with Crippen LogP contribution in [-0.4, -0.2) is 39.6 Å². The van der Waals surface area contributed by atoms with Gasteiger partial charge in [-0.05, 0) is 37.7 Å². The maximum Gasteiger partial charge on any atom is 0.419 e. The van der Waals surface area contributed by atoms with Crippen LogP contribution < -0.4 is 9.46 Å². The minimum atomic E-state index is -4.63. The minimum Gasteiger partial charge on any atom is -0.488 e. The molecule has 1 saturated heterocycles. The van der Waals surface area contributed by atoms with E-state index in [1.165, 1.54) is 18.2 Å². The monoisotopic (exact) mass is 434 g/mol. The van der Waals surface area contributed by atoms with Gasteiger partial charge in [0.1, 0.15) is 16.7 Å². The highest BCUT2D eigenvalue weighted by Gasteiger charge is 2.36. The summed E-state index contributed by atoms with van der Waals surface area (Å²) in [5, 5.41) is 0.00683. The van der Waals surface area contributed by atoms with Gasteiger partial charge in [-0.15, -0.1) is 0 Å². The number of benzene rings is 2. The van der Waals surface area contributed by atoms with Gasteiger partial charge in [0.2, 0.25) is 0 Å². The van der Waals surface area contributed by atoms with Crippen LogP contribution in [0.25, 0.3) is 0 Å². The first-order valence-corrected chi connectivity index (χ1v) is 10.3. The maximum absolute atomic E-state index is 13.3. The van der Waals surface area contributed by atoms with Crippen molar-refractivity contribution in [2.75, 3.05) is 24.9 Å². The molecule has 10 heteroatoms. The zero-order chi connectivity index (χ0) is 20.5. The molecule has 1 fully saturated rings. The Labute approximate surface area is 166 Å². The fourth-order valence-corrected chi connectivity index (χ4v) is 4.53. The molecular formula is C18H18ClF3N2O3S. The number of sulfonamides is 1. The van der Waals surface area contributed by atoms with Gasteiger partial charge in [0, 0.05) is 19.2 Å². The molecule has 28 heavy (non-hydrogen) atoms. The van der Waals surface area contributed by atoms with Gasteiger partial charge in [-0.2, -0.15) is 13.2 Å². The standard InChI is InChI=1S/C18H18ClF3N2O3S/c1-24-9-8-13(11-24)27-16-10-12(6-7-14(16)18(20,21)22)23-28(25,26)17-5-3-2-4-15(17)19/h2-7,10,13,23H,8-9,11H2,1H3/t13-/m1/s1. The quantitative estimate of drug-likeness (QED) is 0.764. The van der Waals surface area contributed by atoms with Crippen molar-refractivity contribution in [1.82, 2.24) is 4.90 Å². The molecular weight excluding hydrogens is 417 g/mol. The van der Waals surface area contributed by atoms with E-state index in [0.29, 0.717) is 19.5 Å². The molecule has 1 aliphatic rings. The third kappa shape index (κ3) is 4.71. The van der Waals surface area contributed by atoms with Crippen LogP contribution in [0.15, 0.2) is 47.4 Å². The number of rotatable bonds is 5. The molecule has 1 atom stereocenters. The summed E-state index contributed by atoms with van der Waals surface area (Å²) in [7, 11) is -2.22. The number of nitrogens with one attached hydrogen (secondary N) is 1. The van der Waals surface area contributed by atoms with E-state index in [4.69, 9.17) is 16.3 Å². The molecule has 0 bridgehead atoms. The summed E-state index contributed by atoms with van der Waals surface area (Å²) in [6.45, 7) is 1.21. The first-order chi connectivity index (χ1) is 13.1. The predicted molar refractivity (Wildman–Crippen MR) is 100 cm³/mol. The van der Waals surface area contributed by atoms with Gasteiger partial charge < -0.3 is 9.64 Å². The van der Waals surface area contributed by atoms with Gasteiger partial charge in [0.05, 0.1) is 16.3 Å². The van der Waals surface area contributed by atoms with E-state index in [1.807, 2.05) is 11.9 Å². The summed E-state index contributed by atoms with van der Waals surface area (Å²) in [6, 6.07) is 8.69. The Morgan fingerprint density at radius 1 is 1.21 bits per heavy atom. The highest BCUT2D eigenvalue weighted by Crippen LogP contribution is 2.39. The van der Waals surface area contributed by atoms with Crippen LogP contribution in [0.2, 0.25) is 5.02 Å². The second-order valence-corrected chi connectivity index (χ2v) is 8.59. The fraction of sp³-hybridized carbons (Fsp3) is 0.333. The molecule has 0 unspecified atom stereocenters. The van der Waals surface area contributed by atoms with Crippen LogP contribution in [0, 0.1) is 0 Å². The molecule has 2 aromatic carbocycles. The fourth-order valence-electron chi connectivity index (χ4n) is 2.96. The van der Waals surface area contributed by atoms with E-state index in [1.54, 1.807) is 6.07 Å². The molecule has 152 valence electrons. The minimum absolute atomic E-state index is 0.00683. The summed E-state index contributed by atoms with van der Waals surface area (Å²) >= 11 is 5.92. The molecule has 2 aromatic rings. The number of alkyl halides is 3. The van der Waals surface area contributed by atoms with E-state index >= 15 is 0 Å². The highest BCUT2D eigenvalue weighted by atomic mass is 35.5. The number of likely N-dealkylation sites (N-methyl/N-ethyl adjacent to an activating group) is 1. The Kier molecular flexibility index (Phi) is 5.79. The summed E-state index contributed by atoms with van der Waals surface area (Å²) in [5.74, 6) is -0.410. The molecule has 0 radical (unpaired) electrons. The van der Waals surface area contributed by atoms with E-state index in [9.17, 15) is 21.6 Å². The molecule has 0 aromatic heterocycles. The topological polar surface area (TPSA) is 58.6 Å². The highest BCUT2D eigenvalue weighted by molar-refractivity contribution is 7.92. The van der Waals surface area contributed by atoms with E-state index in [-0.39, 0.29) is 15.6 Å².